The second-order valence-corrected chi connectivity index (χ2v) is 6.19. The highest BCUT2D eigenvalue weighted by Crippen LogP contribution is 2.35. The smallest absolute Gasteiger partial charge is 0.138 e. The van der Waals surface area contributed by atoms with Crippen molar-refractivity contribution in [3.05, 3.63) is 53.8 Å². The molecule has 0 bridgehead atoms. The van der Waals surface area contributed by atoms with E-state index >= 15 is 0 Å². The van der Waals surface area contributed by atoms with Gasteiger partial charge in [-0.05, 0) is 36.9 Å². The van der Waals surface area contributed by atoms with Crippen LogP contribution in [0.2, 0.25) is 0 Å². The first-order valence-electron chi connectivity index (χ1n) is 8.46. The highest BCUT2D eigenvalue weighted by molar-refractivity contribution is 6.07. The summed E-state index contributed by atoms with van der Waals surface area (Å²) in [5.74, 6) is 0.689. The molecule has 2 aromatic carbocycles. The van der Waals surface area contributed by atoms with Gasteiger partial charge >= 0.3 is 0 Å². The van der Waals surface area contributed by atoms with Crippen molar-refractivity contribution in [3.63, 3.8) is 0 Å². The topological polar surface area (TPSA) is 30.9 Å². The molecule has 4 nitrogen and oxygen atoms in total. The standard InChI is InChI=1S/C19H21FN4/c1-2-23-9-11-24(12-10-23)19-15-8-7-14(20)13-18(15)21-16-5-3-4-6-17(16)22-19/h3-8,13,21H,2,9-12H2,1H3. The molecule has 0 atom stereocenters. The number of benzene rings is 2. The summed E-state index contributed by atoms with van der Waals surface area (Å²) in [4.78, 5) is 9.67. The SMILES string of the molecule is CCN1CCN(C2=Nc3ccccc3Nc3cc(F)ccc32)CC1. The summed E-state index contributed by atoms with van der Waals surface area (Å²) >= 11 is 0. The van der Waals surface area contributed by atoms with Gasteiger partial charge in [0, 0.05) is 31.7 Å². The van der Waals surface area contributed by atoms with Gasteiger partial charge in [-0.25, -0.2) is 9.38 Å². The number of nitrogens with one attached hydrogen (secondary N) is 1. The maximum Gasteiger partial charge on any atom is 0.138 e. The van der Waals surface area contributed by atoms with E-state index in [4.69, 9.17) is 4.99 Å². The molecule has 24 heavy (non-hydrogen) atoms. The summed E-state index contributed by atoms with van der Waals surface area (Å²) in [5.41, 5.74) is 3.53. The first-order valence-corrected chi connectivity index (χ1v) is 8.46. The number of fused-ring (bicyclic) bond motifs is 2. The van der Waals surface area contributed by atoms with Crippen LogP contribution in [0.3, 0.4) is 0 Å². The van der Waals surface area contributed by atoms with Crippen LogP contribution in [-0.4, -0.2) is 48.4 Å². The van der Waals surface area contributed by atoms with Crippen LogP contribution in [0.25, 0.3) is 0 Å². The first-order chi connectivity index (χ1) is 11.7. The van der Waals surface area contributed by atoms with Gasteiger partial charge in [0.15, 0.2) is 0 Å². The van der Waals surface area contributed by atoms with Crippen molar-refractivity contribution in [3.8, 4) is 0 Å². The minimum atomic E-state index is -0.240. The molecule has 0 aromatic heterocycles. The van der Waals surface area contributed by atoms with Crippen LogP contribution >= 0.6 is 0 Å². The minimum absolute atomic E-state index is 0.240. The largest absolute Gasteiger partial charge is 0.353 e. The highest BCUT2D eigenvalue weighted by Gasteiger charge is 2.24. The van der Waals surface area contributed by atoms with Crippen molar-refractivity contribution in [2.45, 2.75) is 6.92 Å². The van der Waals surface area contributed by atoms with Crippen LogP contribution in [0.1, 0.15) is 12.5 Å². The predicted octanol–water partition coefficient (Wildman–Crippen LogP) is 3.60. The quantitative estimate of drug-likeness (QED) is 0.869. The number of nitrogens with zero attached hydrogens (tertiary/aromatic N) is 3. The second-order valence-electron chi connectivity index (χ2n) is 6.19. The molecule has 1 fully saturated rings. The maximum atomic E-state index is 13.8. The molecule has 4 rings (SSSR count). The zero-order valence-electron chi connectivity index (χ0n) is 13.8. The van der Waals surface area contributed by atoms with Gasteiger partial charge in [0.2, 0.25) is 0 Å². The van der Waals surface area contributed by atoms with Crippen molar-refractivity contribution in [2.24, 2.45) is 4.99 Å². The molecule has 124 valence electrons. The number of hydrogen-bond donors (Lipinski definition) is 1. The van der Waals surface area contributed by atoms with Crippen molar-refractivity contribution in [1.82, 2.24) is 9.80 Å². The van der Waals surface area contributed by atoms with Gasteiger partial charge in [-0.1, -0.05) is 19.1 Å². The van der Waals surface area contributed by atoms with Crippen LogP contribution in [-0.2, 0) is 0 Å². The Bertz CT molecular complexity index is 779. The third kappa shape index (κ3) is 2.76. The molecule has 2 heterocycles. The highest BCUT2D eigenvalue weighted by atomic mass is 19.1. The molecule has 2 aromatic rings. The van der Waals surface area contributed by atoms with Crippen molar-refractivity contribution in [2.75, 3.05) is 38.0 Å². The molecule has 2 aliphatic rings. The number of rotatable bonds is 1. The predicted molar refractivity (Wildman–Crippen MR) is 96.0 cm³/mol. The molecular weight excluding hydrogens is 303 g/mol. The van der Waals surface area contributed by atoms with Crippen LogP contribution in [0.5, 0.6) is 0 Å². The Kier molecular flexibility index (Phi) is 3.94. The van der Waals surface area contributed by atoms with Gasteiger partial charge < -0.3 is 15.1 Å². The monoisotopic (exact) mass is 324 g/mol. The van der Waals surface area contributed by atoms with Gasteiger partial charge in [0.05, 0.1) is 17.1 Å². The molecule has 0 unspecified atom stereocenters. The van der Waals surface area contributed by atoms with Gasteiger partial charge in [-0.3, -0.25) is 0 Å². The number of aliphatic imine (C=N–C) groups is 1. The average Bonchev–Trinajstić information content (AvgIpc) is 2.77. The van der Waals surface area contributed by atoms with E-state index in [2.05, 4.69) is 22.0 Å². The van der Waals surface area contributed by atoms with Crippen LogP contribution < -0.4 is 5.32 Å². The third-order valence-corrected chi connectivity index (χ3v) is 4.74. The summed E-state index contributed by atoms with van der Waals surface area (Å²) < 4.78 is 13.8. The summed E-state index contributed by atoms with van der Waals surface area (Å²) in [6.45, 7) is 7.20. The minimum Gasteiger partial charge on any atom is -0.353 e. The number of hydrogen-bond acceptors (Lipinski definition) is 4. The van der Waals surface area contributed by atoms with Crippen molar-refractivity contribution < 1.29 is 4.39 Å². The average molecular weight is 324 g/mol. The molecule has 0 aliphatic carbocycles. The molecule has 2 aliphatic heterocycles. The number of anilines is 2. The van der Waals surface area contributed by atoms with Gasteiger partial charge in [-0.2, -0.15) is 0 Å². The van der Waals surface area contributed by atoms with E-state index in [0.717, 1.165) is 61.2 Å². The van der Waals surface area contributed by atoms with Crippen molar-refractivity contribution >= 4 is 22.9 Å². The zero-order valence-corrected chi connectivity index (χ0v) is 13.8. The van der Waals surface area contributed by atoms with Gasteiger partial charge in [0.25, 0.3) is 0 Å². The number of para-hydroxylation sites is 2. The Hall–Kier alpha value is -2.40. The zero-order chi connectivity index (χ0) is 16.5. The van der Waals surface area contributed by atoms with Crippen LogP contribution in [0.15, 0.2) is 47.5 Å². The van der Waals surface area contributed by atoms with E-state index in [1.807, 2.05) is 30.3 Å². The number of halogens is 1. The van der Waals surface area contributed by atoms with Crippen molar-refractivity contribution in [1.29, 1.82) is 0 Å². The Balaban J connectivity index is 1.77. The fraction of sp³-hybridized carbons (Fsp3) is 0.316. The normalized spacial score (nSPS) is 17.4. The van der Waals surface area contributed by atoms with E-state index in [-0.39, 0.29) is 5.82 Å². The summed E-state index contributed by atoms with van der Waals surface area (Å²) in [6, 6.07) is 12.8. The Labute approximate surface area is 141 Å². The number of piperazine rings is 1. The summed E-state index contributed by atoms with van der Waals surface area (Å²) in [5, 5.41) is 3.34. The molecule has 1 saturated heterocycles. The lowest BCUT2D eigenvalue weighted by atomic mass is 10.1. The van der Waals surface area contributed by atoms with Gasteiger partial charge in [-0.15, -0.1) is 0 Å². The first kappa shape index (κ1) is 15.1. The number of amidine groups is 1. The lowest BCUT2D eigenvalue weighted by molar-refractivity contribution is 0.190. The lowest BCUT2D eigenvalue weighted by Gasteiger charge is -2.36. The van der Waals surface area contributed by atoms with E-state index in [1.165, 1.54) is 6.07 Å². The van der Waals surface area contributed by atoms with E-state index < -0.39 is 0 Å². The summed E-state index contributed by atoms with van der Waals surface area (Å²) in [6.07, 6.45) is 0. The molecule has 0 radical (unpaired) electrons. The third-order valence-electron chi connectivity index (χ3n) is 4.74. The summed E-state index contributed by atoms with van der Waals surface area (Å²) in [7, 11) is 0. The molecule has 0 spiro atoms. The number of likely N-dealkylation sites (N-methyl/N-ethyl adjacent to an activating group) is 1. The molecule has 0 amide bonds. The van der Waals surface area contributed by atoms with E-state index in [0.29, 0.717) is 0 Å². The van der Waals surface area contributed by atoms with Gasteiger partial charge in [0.1, 0.15) is 11.7 Å². The lowest BCUT2D eigenvalue weighted by Crippen LogP contribution is -2.48. The molecule has 1 N–H and O–H groups in total. The van der Waals surface area contributed by atoms with E-state index in [1.54, 1.807) is 6.07 Å². The Morgan fingerprint density at radius 1 is 1.04 bits per heavy atom. The fourth-order valence-corrected chi connectivity index (χ4v) is 3.33. The molecule has 0 saturated carbocycles. The second kappa shape index (κ2) is 6.24. The maximum absolute atomic E-state index is 13.8. The molecule has 5 heteroatoms. The Morgan fingerprint density at radius 3 is 2.62 bits per heavy atom. The molecular formula is C19H21FN4. The fourth-order valence-electron chi connectivity index (χ4n) is 3.33. The van der Waals surface area contributed by atoms with Crippen LogP contribution in [0, 0.1) is 5.82 Å². The van der Waals surface area contributed by atoms with E-state index in [9.17, 15) is 4.39 Å². The van der Waals surface area contributed by atoms with Crippen LogP contribution in [0.4, 0.5) is 21.5 Å². The Morgan fingerprint density at radius 2 is 1.83 bits per heavy atom.